The van der Waals surface area contributed by atoms with Crippen molar-refractivity contribution >= 4 is 27.5 Å². The van der Waals surface area contributed by atoms with E-state index in [9.17, 15) is 18.0 Å². The maximum Gasteiger partial charge on any atom is 0.264 e. The highest BCUT2D eigenvalue weighted by Gasteiger charge is 2.33. The SMILES string of the molecule is CCNC(=O)[C@@H](C)N(Cc1cccc(OC)c1)C(=O)CN(c1ccccc1OC)S(=O)(=O)c1ccc(C)cc1. The minimum absolute atomic E-state index is 0.0305. The van der Waals surface area contributed by atoms with E-state index in [1.807, 2.05) is 13.0 Å². The molecule has 0 aliphatic carbocycles. The van der Waals surface area contributed by atoms with Crippen molar-refractivity contribution in [2.75, 3.05) is 31.6 Å². The van der Waals surface area contributed by atoms with Crippen LogP contribution in [0.15, 0.2) is 77.7 Å². The van der Waals surface area contributed by atoms with Gasteiger partial charge in [-0.15, -0.1) is 0 Å². The summed E-state index contributed by atoms with van der Waals surface area (Å²) in [5.74, 6) is -0.0163. The number of anilines is 1. The van der Waals surface area contributed by atoms with E-state index in [0.29, 0.717) is 12.3 Å². The molecule has 2 amide bonds. The van der Waals surface area contributed by atoms with Crippen LogP contribution in [0.5, 0.6) is 11.5 Å². The fraction of sp³-hybridized carbons (Fsp3) is 0.310. The Kier molecular flexibility index (Phi) is 9.95. The molecule has 0 unspecified atom stereocenters. The van der Waals surface area contributed by atoms with Gasteiger partial charge < -0.3 is 19.7 Å². The molecular formula is C29H35N3O6S. The number of amides is 2. The van der Waals surface area contributed by atoms with Gasteiger partial charge in [-0.25, -0.2) is 8.42 Å². The van der Waals surface area contributed by atoms with Crippen LogP contribution in [0.25, 0.3) is 0 Å². The Hall–Kier alpha value is -4.05. The van der Waals surface area contributed by atoms with Crippen LogP contribution < -0.4 is 19.1 Å². The molecule has 0 heterocycles. The number of hydrogen-bond donors (Lipinski definition) is 1. The smallest absolute Gasteiger partial charge is 0.264 e. The highest BCUT2D eigenvalue weighted by Crippen LogP contribution is 2.32. The van der Waals surface area contributed by atoms with Gasteiger partial charge in [0.15, 0.2) is 0 Å². The molecule has 0 aliphatic rings. The van der Waals surface area contributed by atoms with Crippen molar-refractivity contribution in [2.45, 2.75) is 38.3 Å². The molecule has 3 aromatic carbocycles. The molecule has 0 aliphatic heterocycles. The van der Waals surface area contributed by atoms with Gasteiger partial charge in [0.2, 0.25) is 11.8 Å². The predicted molar refractivity (Wildman–Crippen MR) is 150 cm³/mol. The molecule has 0 fully saturated rings. The predicted octanol–water partition coefficient (Wildman–Crippen LogP) is 3.76. The van der Waals surface area contributed by atoms with Crippen molar-refractivity contribution in [2.24, 2.45) is 0 Å². The zero-order valence-corrected chi connectivity index (χ0v) is 23.7. The van der Waals surface area contributed by atoms with Crippen molar-refractivity contribution in [1.82, 2.24) is 10.2 Å². The molecule has 0 spiro atoms. The van der Waals surface area contributed by atoms with Gasteiger partial charge in [-0.3, -0.25) is 13.9 Å². The Bertz CT molecular complexity index is 1390. The Balaban J connectivity index is 2.07. The lowest BCUT2D eigenvalue weighted by Crippen LogP contribution is -2.51. The van der Waals surface area contributed by atoms with Crippen LogP contribution in [0.4, 0.5) is 5.69 Å². The summed E-state index contributed by atoms with van der Waals surface area (Å²) >= 11 is 0. The second-order valence-corrected chi connectivity index (χ2v) is 10.8. The first kappa shape index (κ1) is 29.5. The highest BCUT2D eigenvalue weighted by molar-refractivity contribution is 7.92. The Morgan fingerprint density at radius 3 is 2.28 bits per heavy atom. The van der Waals surface area contributed by atoms with Crippen LogP contribution in [-0.2, 0) is 26.2 Å². The fourth-order valence-electron chi connectivity index (χ4n) is 4.06. The maximum absolute atomic E-state index is 13.9. The number of carbonyl (C=O) groups excluding carboxylic acids is 2. The summed E-state index contributed by atoms with van der Waals surface area (Å²) in [6, 6.07) is 19.3. The third-order valence-corrected chi connectivity index (χ3v) is 8.02. The molecule has 208 valence electrons. The number of aryl methyl sites for hydroxylation is 1. The molecule has 3 rings (SSSR count). The lowest BCUT2D eigenvalue weighted by atomic mass is 10.1. The van der Waals surface area contributed by atoms with E-state index >= 15 is 0 Å². The van der Waals surface area contributed by atoms with Gasteiger partial charge in [-0.1, -0.05) is 42.0 Å². The maximum atomic E-state index is 13.9. The van der Waals surface area contributed by atoms with Gasteiger partial charge in [0.05, 0.1) is 24.8 Å². The number of nitrogens with one attached hydrogen (secondary N) is 1. The summed E-state index contributed by atoms with van der Waals surface area (Å²) in [5.41, 5.74) is 1.83. The molecule has 0 radical (unpaired) electrons. The number of methoxy groups -OCH3 is 2. The summed E-state index contributed by atoms with van der Waals surface area (Å²) in [5, 5.41) is 2.74. The third kappa shape index (κ3) is 7.08. The van der Waals surface area contributed by atoms with E-state index in [2.05, 4.69) is 5.32 Å². The van der Waals surface area contributed by atoms with Crippen LogP contribution >= 0.6 is 0 Å². The van der Waals surface area contributed by atoms with Crippen molar-refractivity contribution in [1.29, 1.82) is 0 Å². The minimum atomic E-state index is -4.19. The van der Waals surface area contributed by atoms with Gasteiger partial charge in [-0.05, 0) is 62.7 Å². The number of nitrogens with zero attached hydrogens (tertiary/aromatic N) is 2. The van der Waals surface area contributed by atoms with Crippen molar-refractivity contribution in [3.05, 3.63) is 83.9 Å². The average molecular weight is 554 g/mol. The number of carbonyl (C=O) groups is 2. The van der Waals surface area contributed by atoms with E-state index in [-0.39, 0.29) is 28.8 Å². The number of likely N-dealkylation sites (N-methyl/N-ethyl adjacent to an activating group) is 1. The number of para-hydroxylation sites is 2. The van der Waals surface area contributed by atoms with E-state index in [4.69, 9.17) is 9.47 Å². The topological polar surface area (TPSA) is 105 Å². The van der Waals surface area contributed by atoms with Crippen LogP contribution in [0.1, 0.15) is 25.0 Å². The molecule has 9 nitrogen and oxygen atoms in total. The molecule has 10 heteroatoms. The molecule has 1 atom stereocenters. The number of sulfonamides is 1. The van der Waals surface area contributed by atoms with Crippen molar-refractivity contribution in [3.8, 4) is 11.5 Å². The van der Waals surface area contributed by atoms with Gasteiger partial charge >= 0.3 is 0 Å². The van der Waals surface area contributed by atoms with E-state index in [1.54, 1.807) is 75.6 Å². The number of rotatable bonds is 12. The van der Waals surface area contributed by atoms with E-state index in [0.717, 1.165) is 15.4 Å². The second kappa shape index (κ2) is 13.1. The third-order valence-electron chi connectivity index (χ3n) is 6.25. The number of hydrogen-bond acceptors (Lipinski definition) is 6. The van der Waals surface area contributed by atoms with Gasteiger partial charge in [0.25, 0.3) is 10.0 Å². The zero-order chi connectivity index (χ0) is 28.6. The average Bonchev–Trinajstić information content (AvgIpc) is 2.94. The number of ether oxygens (including phenoxy) is 2. The second-order valence-electron chi connectivity index (χ2n) is 8.94. The van der Waals surface area contributed by atoms with E-state index < -0.39 is 28.5 Å². The Labute approximate surface area is 230 Å². The lowest BCUT2D eigenvalue weighted by molar-refractivity contribution is -0.139. The van der Waals surface area contributed by atoms with Crippen LogP contribution in [0.2, 0.25) is 0 Å². The van der Waals surface area contributed by atoms with Crippen LogP contribution in [0, 0.1) is 6.92 Å². The number of benzene rings is 3. The van der Waals surface area contributed by atoms with Crippen molar-refractivity contribution in [3.63, 3.8) is 0 Å². The summed E-state index contributed by atoms with van der Waals surface area (Å²) in [6.07, 6.45) is 0. The first-order valence-electron chi connectivity index (χ1n) is 12.5. The highest BCUT2D eigenvalue weighted by atomic mass is 32.2. The quantitative estimate of drug-likeness (QED) is 0.366. The summed E-state index contributed by atoms with van der Waals surface area (Å²) < 4.78 is 39.6. The molecule has 3 aromatic rings. The van der Waals surface area contributed by atoms with Crippen LogP contribution in [-0.4, -0.2) is 58.5 Å². The lowest BCUT2D eigenvalue weighted by Gasteiger charge is -2.32. The molecule has 0 bridgehead atoms. The standard InChI is InChI=1S/C29H35N3O6S/c1-6-30-29(34)22(3)31(19-23-10-9-11-24(18-23)37-4)28(33)20-32(26-12-7-8-13-27(26)38-5)39(35,36)25-16-14-21(2)15-17-25/h7-18,22H,6,19-20H2,1-5H3,(H,30,34)/t22-/m1/s1. The largest absolute Gasteiger partial charge is 0.497 e. The molecule has 39 heavy (non-hydrogen) atoms. The minimum Gasteiger partial charge on any atom is -0.497 e. The molecule has 0 saturated heterocycles. The summed E-state index contributed by atoms with van der Waals surface area (Å²) in [6.45, 7) is 5.17. The fourth-order valence-corrected chi connectivity index (χ4v) is 5.48. The molecule has 0 aromatic heterocycles. The summed E-state index contributed by atoms with van der Waals surface area (Å²) in [4.78, 5) is 28.2. The summed E-state index contributed by atoms with van der Waals surface area (Å²) in [7, 11) is -1.21. The molecule has 1 N–H and O–H groups in total. The van der Waals surface area contributed by atoms with Crippen LogP contribution in [0.3, 0.4) is 0 Å². The zero-order valence-electron chi connectivity index (χ0n) is 22.9. The van der Waals surface area contributed by atoms with Gasteiger partial charge in [0, 0.05) is 13.1 Å². The Morgan fingerprint density at radius 1 is 0.949 bits per heavy atom. The van der Waals surface area contributed by atoms with Gasteiger partial charge in [0.1, 0.15) is 24.1 Å². The Morgan fingerprint density at radius 2 is 1.64 bits per heavy atom. The van der Waals surface area contributed by atoms with Crippen molar-refractivity contribution < 1.29 is 27.5 Å². The van der Waals surface area contributed by atoms with E-state index in [1.165, 1.54) is 24.1 Å². The first-order chi connectivity index (χ1) is 18.6. The van der Waals surface area contributed by atoms with Gasteiger partial charge in [-0.2, -0.15) is 0 Å². The first-order valence-corrected chi connectivity index (χ1v) is 14.0. The molecule has 0 saturated carbocycles. The normalized spacial score (nSPS) is 11.8. The monoisotopic (exact) mass is 553 g/mol. The molecular weight excluding hydrogens is 518 g/mol.